The first-order valence-electron chi connectivity index (χ1n) is 5.24. The summed E-state index contributed by atoms with van der Waals surface area (Å²) in [6.45, 7) is 6.70. The fourth-order valence-corrected chi connectivity index (χ4v) is 3.39. The Morgan fingerprint density at radius 1 is 1.14 bits per heavy atom. The van der Waals surface area contributed by atoms with E-state index in [2.05, 4.69) is 9.80 Å². The Morgan fingerprint density at radius 2 is 1.64 bits per heavy atom. The molecule has 14 heavy (non-hydrogen) atoms. The lowest BCUT2D eigenvalue weighted by molar-refractivity contribution is -0.167. The van der Waals surface area contributed by atoms with Crippen molar-refractivity contribution in [2.24, 2.45) is 5.41 Å². The first-order valence-corrected chi connectivity index (χ1v) is 5.24. The van der Waals surface area contributed by atoms with Gasteiger partial charge in [-0.25, -0.2) is 0 Å². The van der Waals surface area contributed by atoms with Gasteiger partial charge in [-0.2, -0.15) is 0 Å². The molecular formula is C10H16N2O2. The van der Waals surface area contributed by atoms with Crippen molar-refractivity contribution in [2.75, 3.05) is 39.3 Å². The van der Waals surface area contributed by atoms with E-state index < -0.39 is 5.60 Å². The molecule has 4 bridgehead atoms. The maximum absolute atomic E-state index is 12.1. The highest BCUT2D eigenvalue weighted by Gasteiger charge is 2.58. The SMILES string of the molecule is CC12CN3CCN(C1)CC(O)(C3)C2=O. The molecular weight excluding hydrogens is 180 g/mol. The van der Waals surface area contributed by atoms with Crippen molar-refractivity contribution in [2.45, 2.75) is 12.5 Å². The number of carbonyl (C=O) groups is 1. The Kier molecular flexibility index (Phi) is 1.50. The van der Waals surface area contributed by atoms with Crippen LogP contribution in [0, 0.1) is 5.41 Å². The van der Waals surface area contributed by atoms with Crippen LogP contribution in [0.3, 0.4) is 0 Å². The molecule has 4 aliphatic heterocycles. The lowest BCUT2D eigenvalue weighted by Crippen LogP contribution is -2.70. The lowest BCUT2D eigenvalue weighted by atomic mass is 9.70. The van der Waals surface area contributed by atoms with E-state index in [1.54, 1.807) is 0 Å². The van der Waals surface area contributed by atoms with Gasteiger partial charge in [0.2, 0.25) is 0 Å². The minimum absolute atomic E-state index is 0.0689. The summed E-state index contributed by atoms with van der Waals surface area (Å²) in [7, 11) is 0. The van der Waals surface area contributed by atoms with Crippen LogP contribution in [0.5, 0.6) is 0 Å². The van der Waals surface area contributed by atoms with Crippen LogP contribution < -0.4 is 0 Å². The third-order valence-corrected chi connectivity index (χ3v) is 3.82. The van der Waals surface area contributed by atoms with Gasteiger partial charge >= 0.3 is 0 Å². The summed E-state index contributed by atoms with van der Waals surface area (Å²) in [4.78, 5) is 16.5. The van der Waals surface area contributed by atoms with Crippen LogP contribution >= 0.6 is 0 Å². The molecule has 0 spiro atoms. The number of hydrogen-bond donors (Lipinski definition) is 1. The lowest BCUT2D eigenvalue weighted by Gasteiger charge is -2.50. The van der Waals surface area contributed by atoms with Gasteiger partial charge in [-0.05, 0) is 0 Å². The number of aliphatic hydroxyl groups is 1. The molecule has 78 valence electrons. The Morgan fingerprint density at radius 3 is 2.07 bits per heavy atom. The zero-order valence-electron chi connectivity index (χ0n) is 8.49. The third-order valence-electron chi connectivity index (χ3n) is 3.82. The fraction of sp³-hybridized carbons (Fsp3) is 0.900. The predicted molar refractivity (Wildman–Crippen MR) is 50.9 cm³/mol. The standard InChI is InChI=1S/C10H16N2O2/c1-9-4-11-2-3-12(5-9)7-10(14,6-11)8(9)13/h14H,2-7H2,1H3. The van der Waals surface area contributed by atoms with Crippen LogP contribution in [-0.2, 0) is 4.79 Å². The van der Waals surface area contributed by atoms with Gasteiger partial charge in [0.15, 0.2) is 5.78 Å². The highest BCUT2D eigenvalue weighted by atomic mass is 16.3. The van der Waals surface area contributed by atoms with Gasteiger partial charge in [-0.3, -0.25) is 14.6 Å². The molecule has 4 aliphatic rings. The van der Waals surface area contributed by atoms with E-state index in [-0.39, 0.29) is 11.2 Å². The molecule has 0 radical (unpaired) electrons. The third kappa shape index (κ3) is 0.962. The highest BCUT2D eigenvalue weighted by Crippen LogP contribution is 2.39. The normalized spacial score (nSPS) is 56.3. The quantitative estimate of drug-likeness (QED) is 0.536. The molecule has 4 heterocycles. The average molecular weight is 196 g/mol. The average Bonchev–Trinajstić information content (AvgIpc) is 2.28. The van der Waals surface area contributed by atoms with Gasteiger partial charge in [-0.15, -0.1) is 0 Å². The Bertz CT molecular complexity index is 262. The van der Waals surface area contributed by atoms with E-state index in [9.17, 15) is 9.90 Å². The monoisotopic (exact) mass is 196 g/mol. The number of rotatable bonds is 0. The first kappa shape index (κ1) is 8.83. The summed E-state index contributed by atoms with van der Waals surface area (Å²) in [6, 6.07) is 0. The maximum Gasteiger partial charge on any atom is 0.175 e. The molecule has 0 aromatic carbocycles. The van der Waals surface area contributed by atoms with E-state index in [0.717, 1.165) is 26.2 Å². The van der Waals surface area contributed by atoms with Crippen LogP contribution in [0.2, 0.25) is 0 Å². The van der Waals surface area contributed by atoms with Gasteiger partial charge in [0.1, 0.15) is 5.60 Å². The second-order valence-corrected chi connectivity index (χ2v) is 5.34. The molecule has 4 nitrogen and oxygen atoms in total. The van der Waals surface area contributed by atoms with Crippen molar-refractivity contribution >= 4 is 5.78 Å². The van der Waals surface area contributed by atoms with Crippen molar-refractivity contribution in [1.29, 1.82) is 0 Å². The van der Waals surface area contributed by atoms with Crippen molar-refractivity contribution < 1.29 is 9.90 Å². The number of hydrogen-bond acceptors (Lipinski definition) is 4. The Labute approximate surface area is 83.5 Å². The molecule has 2 atom stereocenters. The minimum Gasteiger partial charge on any atom is -0.379 e. The van der Waals surface area contributed by atoms with Crippen LogP contribution in [0.15, 0.2) is 0 Å². The van der Waals surface area contributed by atoms with E-state index >= 15 is 0 Å². The summed E-state index contributed by atoms with van der Waals surface area (Å²) in [5.74, 6) is 0.0689. The molecule has 0 aliphatic carbocycles. The molecule has 0 saturated carbocycles. The maximum atomic E-state index is 12.1. The topological polar surface area (TPSA) is 43.8 Å². The van der Waals surface area contributed by atoms with Crippen LogP contribution in [0.4, 0.5) is 0 Å². The molecule has 4 fully saturated rings. The highest BCUT2D eigenvalue weighted by molar-refractivity contribution is 5.94. The summed E-state index contributed by atoms with van der Waals surface area (Å²) < 4.78 is 0. The van der Waals surface area contributed by atoms with Gasteiger partial charge < -0.3 is 5.11 Å². The minimum atomic E-state index is -1.08. The van der Waals surface area contributed by atoms with E-state index in [1.807, 2.05) is 6.92 Å². The number of fused-ring (bicyclic) bond motifs is 1. The number of carbonyl (C=O) groups excluding carboxylic acids is 1. The molecule has 0 amide bonds. The number of nitrogens with zero attached hydrogens (tertiary/aromatic N) is 2. The van der Waals surface area contributed by atoms with Crippen LogP contribution in [0.25, 0.3) is 0 Å². The van der Waals surface area contributed by atoms with Crippen molar-refractivity contribution in [3.8, 4) is 0 Å². The molecule has 2 unspecified atom stereocenters. The van der Waals surface area contributed by atoms with Gasteiger partial charge in [-0.1, -0.05) is 6.92 Å². The number of piperidine rings is 2. The van der Waals surface area contributed by atoms with E-state index in [4.69, 9.17) is 0 Å². The second kappa shape index (κ2) is 2.38. The molecule has 1 N–H and O–H groups in total. The molecule has 4 saturated heterocycles. The second-order valence-electron chi connectivity index (χ2n) is 5.34. The van der Waals surface area contributed by atoms with Crippen molar-refractivity contribution in [1.82, 2.24) is 9.80 Å². The zero-order chi connectivity index (χ0) is 9.97. The number of Topliss-reactive ketones (excluding diaryl/α,β-unsaturated/α-hetero) is 1. The summed E-state index contributed by atoms with van der Waals surface area (Å²) >= 11 is 0. The van der Waals surface area contributed by atoms with E-state index in [0.29, 0.717) is 13.1 Å². The largest absolute Gasteiger partial charge is 0.379 e. The van der Waals surface area contributed by atoms with Gasteiger partial charge in [0, 0.05) is 39.3 Å². The van der Waals surface area contributed by atoms with Gasteiger partial charge in [0.05, 0.1) is 5.41 Å². The summed E-state index contributed by atoms with van der Waals surface area (Å²) in [6.07, 6.45) is 0. The Hall–Kier alpha value is -0.450. The smallest absolute Gasteiger partial charge is 0.175 e. The number of ketones is 1. The van der Waals surface area contributed by atoms with Crippen LogP contribution in [0.1, 0.15) is 6.92 Å². The first-order chi connectivity index (χ1) is 6.52. The fourth-order valence-electron chi connectivity index (χ4n) is 3.39. The van der Waals surface area contributed by atoms with Gasteiger partial charge in [0.25, 0.3) is 0 Å². The predicted octanol–water partition coefficient (Wildman–Crippen LogP) is -1.06. The van der Waals surface area contributed by atoms with Crippen LogP contribution in [-0.4, -0.2) is 65.6 Å². The zero-order valence-corrected chi connectivity index (χ0v) is 8.49. The summed E-state index contributed by atoms with van der Waals surface area (Å²) in [5, 5.41) is 10.3. The van der Waals surface area contributed by atoms with E-state index in [1.165, 1.54) is 0 Å². The van der Waals surface area contributed by atoms with Crippen molar-refractivity contribution in [3.05, 3.63) is 0 Å². The Balaban J connectivity index is 2.09. The molecule has 0 aromatic rings. The summed E-state index contributed by atoms with van der Waals surface area (Å²) in [5.41, 5.74) is -1.41. The molecule has 4 rings (SSSR count). The van der Waals surface area contributed by atoms with Crippen molar-refractivity contribution in [3.63, 3.8) is 0 Å². The molecule has 0 aromatic heterocycles. The molecule has 4 heteroatoms.